The number of aromatic nitrogens is 1. The molecule has 2 aromatic rings. The molecule has 26 heavy (non-hydrogen) atoms. The molecule has 0 fully saturated rings. The second-order valence-electron chi connectivity index (χ2n) is 6.87. The summed E-state index contributed by atoms with van der Waals surface area (Å²) in [6.07, 6.45) is 2.26. The molecule has 5 nitrogen and oxygen atoms in total. The van der Waals surface area contributed by atoms with E-state index in [1.54, 1.807) is 0 Å². The van der Waals surface area contributed by atoms with Crippen molar-refractivity contribution in [2.45, 2.75) is 39.5 Å². The minimum atomic E-state index is 0.580. The molecule has 0 saturated carbocycles. The van der Waals surface area contributed by atoms with Gasteiger partial charge in [0.1, 0.15) is 12.4 Å². The van der Waals surface area contributed by atoms with E-state index in [1.165, 1.54) is 11.1 Å². The summed E-state index contributed by atoms with van der Waals surface area (Å²) in [5, 5.41) is 10.4. The number of nitrogens with zero attached hydrogens (tertiary/aromatic N) is 1. The highest BCUT2D eigenvalue weighted by atomic mass is 16.5. The van der Waals surface area contributed by atoms with E-state index in [9.17, 15) is 0 Å². The summed E-state index contributed by atoms with van der Waals surface area (Å²) in [7, 11) is 0. The Morgan fingerprint density at radius 3 is 2.19 bits per heavy atom. The van der Waals surface area contributed by atoms with Gasteiger partial charge in [0.15, 0.2) is 0 Å². The molecule has 0 spiro atoms. The monoisotopic (exact) mass is 354 g/mol. The Hall–Kier alpha value is -1.95. The normalized spacial score (nSPS) is 16.7. The second-order valence-corrected chi connectivity index (χ2v) is 6.87. The molecule has 140 valence electrons. The van der Waals surface area contributed by atoms with Gasteiger partial charge in [0, 0.05) is 25.2 Å². The van der Waals surface area contributed by atoms with Crippen LogP contribution in [0.4, 0.5) is 0 Å². The zero-order chi connectivity index (χ0) is 18.0. The smallest absolute Gasteiger partial charge is 0.123 e. The van der Waals surface area contributed by atoms with Gasteiger partial charge in [-0.25, -0.2) is 0 Å². The first kappa shape index (κ1) is 18.8. The molecule has 1 aliphatic rings. The molecule has 1 aliphatic heterocycles. The molecule has 0 radical (unpaired) electrons. The number of aryl methyl sites for hydroxylation is 1. The molecule has 0 saturated heterocycles. The highest BCUT2D eigenvalue weighted by Gasteiger charge is 2.06. The number of rotatable bonds is 3. The quantitative estimate of drug-likeness (QED) is 0.791. The summed E-state index contributed by atoms with van der Waals surface area (Å²) >= 11 is 0. The average molecular weight is 354 g/mol. The molecule has 1 aromatic carbocycles. The molecule has 5 heteroatoms. The SMILES string of the molecule is Cc1cccc(COc2cc3nc(c2)CNCCCNCCCNC3)c1. The molecule has 0 aliphatic carbocycles. The standard InChI is InChI=1S/C21H30N4O/c1-17-5-2-6-18(11-17)16-26-21-12-19-14-23-9-3-7-22-8-4-10-24-15-20(13-21)25-19/h2,5-6,11-13,22-24H,3-4,7-10,14-16H2,1H3. The lowest BCUT2D eigenvalue weighted by molar-refractivity contribution is 0.304. The summed E-state index contributed by atoms with van der Waals surface area (Å²) in [5.41, 5.74) is 4.52. The van der Waals surface area contributed by atoms with E-state index in [-0.39, 0.29) is 0 Å². The average Bonchev–Trinajstić information content (AvgIpc) is 2.64. The maximum absolute atomic E-state index is 6.07. The summed E-state index contributed by atoms with van der Waals surface area (Å²) < 4.78 is 6.07. The van der Waals surface area contributed by atoms with E-state index in [2.05, 4.69) is 59.3 Å². The van der Waals surface area contributed by atoms with E-state index in [1.807, 2.05) is 0 Å². The fourth-order valence-corrected chi connectivity index (χ4v) is 3.09. The summed E-state index contributed by atoms with van der Waals surface area (Å²) in [5.74, 6) is 0.892. The van der Waals surface area contributed by atoms with Gasteiger partial charge >= 0.3 is 0 Å². The van der Waals surface area contributed by atoms with Crippen LogP contribution in [0, 0.1) is 6.92 Å². The lowest BCUT2D eigenvalue weighted by Gasteiger charge is -2.13. The summed E-state index contributed by atoms with van der Waals surface area (Å²) in [6, 6.07) is 12.6. The van der Waals surface area contributed by atoms with Crippen LogP contribution in [0.5, 0.6) is 5.75 Å². The van der Waals surface area contributed by atoms with E-state index < -0.39 is 0 Å². The van der Waals surface area contributed by atoms with Crippen molar-refractivity contribution in [3.8, 4) is 5.75 Å². The minimum Gasteiger partial charge on any atom is -0.489 e. The van der Waals surface area contributed by atoms with Crippen molar-refractivity contribution in [2.75, 3.05) is 26.2 Å². The van der Waals surface area contributed by atoms with Crippen LogP contribution in [0.3, 0.4) is 0 Å². The lowest BCUT2D eigenvalue weighted by atomic mass is 10.1. The molecular weight excluding hydrogens is 324 g/mol. The Morgan fingerprint density at radius 2 is 1.54 bits per heavy atom. The fourth-order valence-electron chi connectivity index (χ4n) is 3.09. The van der Waals surface area contributed by atoms with Crippen LogP contribution in [0.2, 0.25) is 0 Å². The maximum Gasteiger partial charge on any atom is 0.123 e. The number of ether oxygens (including phenoxy) is 1. The molecular formula is C21H30N4O. The van der Waals surface area contributed by atoms with E-state index in [0.717, 1.165) is 69.2 Å². The van der Waals surface area contributed by atoms with Crippen LogP contribution in [-0.4, -0.2) is 31.2 Å². The highest BCUT2D eigenvalue weighted by molar-refractivity contribution is 5.28. The molecule has 3 N–H and O–H groups in total. The van der Waals surface area contributed by atoms with Crippen LogP contribution in [0.25, 0.3) is 0 Å². The van der Waals surface area contributed by atoms with Gasteiger partial charge in [0.2, 0.25) is 0 Å². The zero-order valence-electron chi connectivity index (χ0n) is 15.7. The third-order valence-electron chi connectivity index (χ3n) is 4.42. The molecule has 0 unspecified atom stereocenters. The van der Waals surface area contributed by atoms with Crippen LogP contribution in [0.15, 0.2) is 36.4 Å². The van der Waals surface area contributed by atoms with Crippen LogP contribution in [-0.2, 0) is 19.7 Å². The van der Waals surface area contributed by atoms with Crippen LogP contribution >= 0.6 is 0 Å². The highest BCUT2D eigenvalue weighted by Crippen LogP contribution is 2.17. The molecule has 1 aromatic heterocycles. The number of pyridine rings is 1. The molecule has 0 atom stereocenters. The number of benzene rings is 1. The van der Waals surface area contributed by atoms with Crippen LogP contribution < -0.4 is 20.7 Å². The molecule has 3 rings (SSSR count). The van der Waals surface area contributed by atoms with Crippen molar-refractivity contribution in [3.05, 3.63) is 58.9 Å². The Balaban J connectivity index is 1.67. The first-order chi connectivity index (χ1) is 12.8. The number of hydrogen-bond donors (Lipinski definition) is 3. The van der Waals surface area contributed by atoms with Gasteiger partial charge in [-0.2, -0.15) is 0 Å². The predicted octanol–water partition coefficient (Wildman–Crippen LogP) is 2.53. The van der Waals surface area contributed by atoms with Gasteiger partial charge in [-0.05, 0) is 51.5 Å². The Labute approximate surface area is 156 Å². The predicted molar refractivity (Wildman–Crippen MR) is 105 cm³/mol. The Kier molecular flexibility index (Phi) is 7.43. The number of fused-ring (bicyclic) bond motifs is 2. The van der Waals surface area contributed by atoms with E-state index >= 15 is 0 Å². The van der Waals surface area contributed by atoms with Gasteiger partial charge in [0.05, 0.1) is 11.4 Å². The lowest BCUT2D eigenvalue weighted by Crippen LogP contribution is -2.26. The van der Waals surface area contributed by atoms with Crippen molar-refractivity contribution in [1.29, 1.82) is 0 Å². The summed E-state index contributed by atoms with van der Waals surface area (Å²) in [4.78, 5) is 4.77. The zero-order valence-corrected chi connectivity index (χ0v) is 15.7. The van der Waals surface area contributed by atoms with Gasteiger partial charge in [-0.15, -0.1) is 0 Å². The van der Waals surface area contributed by atoms with Crippen molar-refractivity contribution in [3.63, 3.8) is 0 Å². The van der Waals surface area contributed by atoms with E-state index in [0.29, 0.717) is 6.61 Å². The van der Waals surface area contributed by atoms with Gasteiger partial charge in [0.25, 0.3) is 0 Å². The third-order valence-corrected chi connectivity index (χ3v) is 4.42. The van der Waals surface area contributed by atoms with Crippen molar-refractivity contribution in [1.82, 2.24) is 20.9 Å². The van der Waals surface area contributed by atoms with Crippen molar-refractivity contribution < 1.29 is 4.74 Å². The summed E-state index contributed by atoms with van der Waals surface area (Å²) in [6.45, 7) is 8.35. The number of hydrogen-bond acceptors (Lipinski definition) is 5. The van der Waals surface area contributed by atoms with E-state index in [4.69, 9.17) is 9.72 Å². The number of nitrogens with one attached hydrogen (secondary N) is 3. The Bertz CT molecular complexity index is 659. The van der Waals surface area contributed by atoms with Crippen molar-refractivity contribution in [2.24, 2.45) is 0 Å². The topological polar surface area (TPSA) is 58.2 Å². The van der Waals surface area contributed by atoms with Crippen LogP contribution in [0.1, 0.15) is 35.4 Å². The second kappa shape index (κ2) is 10.3. The van der Waals surface area contributed by atoms with Gasteiger partial charge in [-0.3, -0.25) is 4.98 Å². The third kappa shape index (κ3) is 6.41. The maximum atomic E-state index is 6.07. The van der Waals surface area contributed by atoms with Gasteiger partial charge in [-0.1, -0.05) is 29.8 Å². The first-order valence-corrected chi connectivity index (χ1v) is 9.60. The minimum absolute atomic E-state index is 0.580. The van der Waals surface area contributed by atoms with Crippen molar-refractivity contribution >= 4 is 0 Å². The fraction of sp³-hybridized carbons (Fsp3) is 0.476. The molecule has 0 amide bonds. The largest absolute Gasteiger partial charge is 0.489 e. The van der Waals surface area contributed by atoms with Gasteiger partial charge < -0.3 is 20.7 Å². The first-order valence-electron chi connectivity index (χ1n) is 9.60. The molecule has 2 bridgehead atoms. The molecule has 2 heterocycles. The Morgan fingerprint density at radius 1 is 0.885 bits per heavy atom.